The second-order valence-corrected chi connectivity index (χ2v) is 8.04. The van der Waals surface area contributed by atoms with Gasteiger partial charge < -0.3 is 10.2 Å². The maximum absolute atomic E-state index is 12.9. The number of carbonyl (C=O) groups is 2. The second-order valence-electron chi connectivity index (χ2n) is 8.04. The third-order valence-electron chi connectivity index (χ3n) is 6.04. The van der Waals surface area contributed by atoms with Crippen LogP contribution >= 0.6 is 0 Å². The minimum absolute atomic E-state index is 0.00654. The third-order valence-corrected chi connectivity index (χ3v) is 6.04. The lowest BCUT2D eigenvalue weighted by atomic mass is 9.91. The quantitative estimate of drug-likeness (QED) is 0.619. The fourth-order valence-electron chi connectivity index (χ4n) is 4.19. The van der Waals surface area contributed by atoms with E-state index in [0.717, 1.165) is 23.2 Å². The van der Waals surface area contributed by atoms with Crippen molar-refractivity contribution in [2.75, 3.05) is 18.0 Å². The van der Waals surface area contributed by atoms with Crippen LogP contribution in [0.4, 0.5) is 5.69 Å². The molecule has 158 valence electrons. The summed E-state index contributed by atoms with van der Waals surface area (Å²) in [6.07, 6.45) is 1.21. The van der Waals surface area contributed by atoms with Gasteiger partial charge in [-0.25, -0.2) is 0 Å². The van der Waals surface area contributed by atoms with E-state index in [0.29, 0.717) is 13.1 Å². The van der Waals surface area contributed by atoms with Crippen LogP contribution in [0.5, 0.6) is 0 Å². The molecule has 3 aromatic carbocycles. The zero-order chi connectivity index (χ0) is 21.6. The van der Waals surface area contributed by atoms with E-state index in [9.17, 15) is 9.59 Å². The molecular weight excluding hydrogens is 384 g/mol. The first-order valence-corrected chi connectivity index (χ1v) is 10.9. The Morgan fingerprint density at radius 3 is 2.06 bits per heavy atom. The van der Waals surface area contributed by atoms with Gasteiger partial charge in [-0.1, -0.05) is 79.7 Å². The number of benzene rings is 3. The predicted octanol–water partition coefficient (Wildman–Crippen LogP) is 4.55. The summed E-state index contributed by atoms with van der Waals surface area (Å²) in [5, 5.41) is 3.11. The van der Waals surface area contributed by atoms with Gasteiger partial charge >= 0.3 is 0 Å². The summed E-state index contributed by atoms with van der Waals surface area (Å²) in [6.45, 7) is 3.04. The maximum Gasteiger partial charge on any atom is 0.227 e. The summed E-state index contributed by atoms with van der Waals surface area (Å²) in [7, 11) is 0. The molecule has 0 bridgehead atoms. The van der Waals surface area contributed by atoms with Crippen LogP contribution in [0.3, 0.4) is 0 Å². The molecule has 1 aliphatic heterocycles. The summed E-state index contributed by atoms with van der Waals surface area (Å²) >= 11 is 0. The predicted molar refractivity (Wildman–Crippen MR) is 124 cm³/mol. The number of aryl methyl sites for hydroxylation is 1. The molecule has 0 radical (unpaired) electrons. The van der Waals surface area contributed by atoms with Crippen LogP contribution in [0.2, 0.25) is 0 Å². The Kier molecular flexibility index (Phi) is 6.46. The second kappa shape index (κ2) is 9.61. The zero-order valence-corrected chi connectivity index (χ0v) is 17.8. The molecule has 2 amide bonds. The van der Waals surface area contributed by atoms with Crippen LogP contribution in [-0.2, 0) is 16.0 Å². The molecule has 1 aliphatic rings. The van der Waals surface area contributed by atoms with Gasteiger partial charge in [0.15, 0.2) is 0 Å². The van der Waals surface area contributed by atoms with Crippen LogP contribution < -0.4 is 10.2 Å². The van der Waals surface area contributed by atoms with Crippen LogP contribution in [0.15, 0.2) is 84.9 Å². The third kappa shape index (κ3) is 4.85. The van der Waals surface area contributed by atoms with E-state index in [-0.39, 0.29) is 30.1 Å². The van der Waals surface area contributed by atoms with E-state index in [4.69, 9.17) is 0 Å². The van der Waals surface area contributed by atoms with Gasteiger partial charge in [0.25, 0.3) is 0 Å². The SMILES string of the molecule is CCc1ccc(N2C[C@@H](C(=O)NCC(c3ccccc3)c3ccccc3)CC2=O)cc1. The number of hydrogen-bond acceptors (Lipinski definition) is 2. The maximum atomic E-state index is 12.9. The average molecular weight is 413 g/mol. The van der Waals surface area contributed by atoms with Gasteiger partial charge in [0, 0.05) is 31.1 Å². The van der Waals surface area contributed by atoms with Crippen molar-refractivity contribution >= 4 is 17.5 Å². The molecule has 1 saturated heterocycles. The van der Waals surface area contributed by atoms with Gasteiger partial charge in [-0.2, -0.15) is 0 Å². The molecule has 3 aromatic rings. The Morgan fingerprint density at radius 2 is 1.52 bits per heavy atom. The van der Waals surface area contributed by atoms with E-state index >= 15 is 0 Å². The number of nitrogens with zero attached hydrogens (tertiary/aromatic N) is 1. The van der Waals surface area contributed by atoms with Crippen LogP contribution in [-0.4, -0.2) is 24.9 Å². The molecular formula is C27H28N2O2. The van der Waals surface area contributed by atoms with Crippen molar-refractivity contribution < 1.29 is 9.59 Å². The summed E-state index contributed by atoms with van der Waals surface area (Å²) < 4.78 is 0. The van der Waals surface area contributed by atoms with E-state index in [1.54, 1.807) is 4.90 Å². The molecule has 1 heterocycles. The molecule has 4 rings (SSSR count). The van der Waals surface area contributed by atoms with E-state index < -0.39 is 0 Å². The van der Waals surface area contributed by atoms with Crippen molar-refractivity contribution in [3.63, 3.8) is 0 Å². The molecule has 0 saturated carbocycles. The fourth-order valence-corrected chi connectivity index (χ4v) is 4.19. The van der Waals surface area contributed by atoms with Gasteiger partial charge in [0.2, 0.25) is 11.8 Å². The first-order chi connectivity index (χ1) is 15.2. The highest BCUT2D eigenvalue weighted by atomic mass is 16.2. The molecule has 0 aromatic heterocycles. The molecule has 1 N–H and O–H groups in total. The van der Waals surface area contributed by atoms with Crippen LogP contribution in [0, 0.1) is 5.92 Å². The molecule has 0 unspecified atom stereocenters. The normalized spacial score (nSPS) is 16.0. The fraction of sp³-hybridized carbons (Fsp3) is 0.259. The van der Waals surface area contributed by atoms with Crippen molar-refractivity contribution in [3.05, 3.63) is 102 Å². The lowest BCUT2D eigenvalue weighted by Crippen LogP contribution is -2.35. The number of carbonyl (C=O) groups excluding carboxylic acids is 2. The van der Waals surface area contributed by atoms with Gasteiger partial charge in [-0.3, -0.25) is 9.59 Å². The highest BCUT2D eigenvalue weighted by Crippen LogP contribution is 2.27. The topological polar surface area (TPSA) is 49.4 Å². The summed E-state index contributed by atoms with van der Waals surface area (Å²) in [6, 6.07) is 28.4. The lowest BCUT2D eigenvalue weighted by molar-refractivity contribution is -0.126. The summed E-state index contributed by atoms with van der Waals surface area (Å²) in [5.41, 5.74) is 4.42. The van der Waals surface area contributed by atoms with Gasteiger partial charge in [-0.15, -0.1) is 0 Å². The van der Waals surface area contributed by atoms with Crippen molar-refractivity contribution in [2.24, 2.45) is 5.92 Å². The zero-order valence-electron chi connectivity index (χ0n) is 17.8. The molecule has 31 heavy (non-hydrogen) atoms. The Morgan fingerprint density at radius 1 is 0.935 bits per heavy atom. The van der Waals surface area contributed by atoms with Crippen LogP contribution in [0.1, 0.15) is 36.0 Å². The number of anilines is 1. The summed E-state index contributed by atoms with van der Waals surface area (Å²) in [4.78, 5) is 27.2. The minimum atomic E-state index is -0.328. The molecule has 1 fully saturated rings. The highest BCUT2D eigenvalue weighted by molar-refractivity contribution is 6.00. The van der Waals surface area contributed by atoms with Crippen molar-refractivity contribution in [1.82, 2.24) is 5.32 Å². The van der Waals surface area contributed by atoms with E-state index in [2.05, 4.69) is 36.5 Å². The van der Waals surface area contributed by atoms with E-state index in [1.165, 1.54) is 5.56 Å². The Bertz CT molecular complexity index is 977. The van der Waals surface area contributed by atoms with Gasteiger partial charge in [0.1, 0.15) is 0 Å². The van der Waals surface area contributed by atoms with E-state index in [1.807, 2.05) is 60.7 Å². The molecule has 4 nitrogen and oxygen atoms in total. The lowest BCUT2D eigenvalue weighted by Gasteiger charge is -2.20. The number of hydrogen-bond donors (Lipinski definition) is 1. The minimum Gasteiger partial charge on any atom is -0.355 e. The Hall–Kier alpha value is -3.40. The first-order valence-electron chi connectivity index (χ1n) is 10.9. The number of nitrogens with one attached hydrogen (secondary N) is 1. The summed E-state index contributed by atoms with van der Waals surface area (Å²) in [5.74, 6) is -0.309. The van der Waals surface area contributed by atoms with Gasteiger partial charge in [0.05, 0.1) is 5.92 Å². The number of rotatable bonds is 7. The monoisotopic (exact) mass is 412 g/mol. The van der Waals surface area contributed by atoms with Crippen molar-refractivity contribution in [2.45, 2.75) is 25.7 Å². The number of amides is 2. The molecule has 0 aliphatic carbocycles. The van der Waals surface area contributed by atoms with Gasteiger partial charge in [-0.05, 0) is 35.2 Å². The first kappa shape index (κ1) is 20.9. The van der Waals surface area contributed by atoms with Crippen LogP contribution in [0.25, 0.3) is 0 Å². The average Bonchev–Trinajstić information content (AvgIpc) is 3.22. The van der Waals surface area contributed by atoms with Crippen molar-refractivity contribution in [3.8, 4) is 0 Å². The smallest absolute Gasteiger partial charge is 0.227 e. The highest BCUT2D eigenvalue weighted by Gasteiger charge is 2.35. The molecule has 0 spiro atoms. The Balaban J connectivity index is 1.43. The van der Waals surface area contributed by atoms with Crippen molar-refractivity contribution in [1.29, 1.82) is 0 Å². The standard InChI is InChI=1S/C27H28N2O2/c1-2-20-13-15-24(16-14-20)29-19-23(17-26(29)30)27(31)28-18-25(21-9-5-3-6-10-21)22-11-7-4-8-12-22/h3-16,23,25H,2,17-19H2,1H3,(H,28,31)/t23-/m0/s1. The molecule has 1 atom stereocenters. The largest absolute Gasteiger partial charge is 0.355 e. The Labute approximate surface area is 183 Å². The molecule has 4 heteroatoms.